The lowest BCUT2D eigenvalue weighted by Gasteiger charge is -2.33. The molecule has 0 amide bonds. The molecule has 1 aliphatic rings. The Morgan fingerprint density at radius 3 is 2.74 bits per heavy atom. The molecule has 0 aliphatic carbocycles. The third-order valence-electron chi connectivity index (χ3n) is 5.07. The Kier molecular flexibility index (Phi) is 4.61. The second-order valence-corrected chi connectivity index (χ2v) is 9.04. The summed E-state index contributed by atoms with van der Waals surface area (Å²) in [7, 11) is -3.59. The van der Waals surface area contributed by atoms with E-state index in [2.05, 4.69) is 28.2 Å². The maximum atomic E-state index is 13.1. The molecular formula is C21H23N3O2S. The summed E-state index contributed by atoms with van der Waals surface area (Å²) in [5.74, 6) is 0. The van der Waals surface area contributed by atoms with E-state index in [9.17, 15) is 8.42 Å². The van der Waals surface area contributed by atoms with Crippen LogP contribution in [0.5, 0.6) is 0 Å². The fraction of sp³-hybridized carbons (Fsp3) is 0.286. The molecule has 27 heavy (non-hydrogen) atoms. The van der Waals surface area contributed by atoms with Gasteiger partial charge in [0.25, 0.3) is 0 Å². The fourth-order valence-corrected chi connectivity index (χ4v) is 5.07. The minimum atomic E-state index is -3.59. The molecule has 1 N–H and O–H groups in total. The number of benzene rings is 2. The summed E-state index contributed by atoms with van der Waals surface area (Å²) in [5.41, 5.74) is 2.63. The predicted octanol–water partition coefficient (Wildman–Crippen LogP) is 3.17. The molecule has 0 unspecified atom stereocenters. The summed E-state index contributed by atoms with van der Waals surface area (Å²) in [5, 5.41) is 4.28. The van der Waals surface area contributed by atoms with Gasteiger partial charge in [0, 0.05) is 42.9 Å². The third-order valence-corrected chi connectivity index (χ3v) is 6.95. The third kappa shape index (κ3) is 3.42. The largest absolute Gasteiger partial charge is 0.369 e. The summed E-state index contributed by atoms with van der Waals surface area (Å²) in [6, 6.07) is 15.3. The number of hydrogen-bond donors (Lipinski definition) is 1. The average molecular weight is 382 g/mol. The number of pyridine rings is 1. The van der Waals surface area contributed by atoms with Gasteiger partial charge in [0.15, 0.2) is 0 Å². The highest BCUT2D eigenvalue weighted by Gasteiger charge is 2.21. The van der Waals surface area contributed by atoms with Crippen LogP contribution in [-0.2, 0) is 9.84 Å². The normalized spacial score (nSPS) is 18.0. The van der Waals surface area contributed by atoms with E-state index in [1.165, 1.54) is 6.20 Å². The van der Waals surface area contributed by atoms with Crippen LogP contribution in [-0.4, -0.2) is 39.1 Å². The second kappa shape index (κ2) is 6.94. The summed E-state index contributed by atoms with van der Waals surface area (Å²) in [4.78, 5) is 7.28. The number of aryl methyl sites for hydroxylation is 1. The Hall–Kier alpha value is -2.44. The molecule has 3 aromatic rings. The molecular weight excluding hydrogens is 358 g/mol. The van der Waals surface area contributed by atoms with Crippen molar-refractivity contribution in [2.24, 2.45) is 0 Å². The summed E-state index contributed by atoms with van der Waals surface area (Å²) in [6.45, 7) is 6.79. The van der Waals surface area contributed by atoms with Crippen LogP contribution in [0.3, 0.4) is 0 Å². The molecule has 2 heterocycles. The number of anilines is 1. The van der Waals surface area contributed by atoms with Crippen LogP contribution in [0.25, 0.3) is 10.9 Å². The van der Waals surface area contributed by atoms with Crippen molar-refractivity contribution in [2.75, 3.05) is 24.5 Å². The van der Waals surface area contributed by atoms with Gasteiger partial charge < -0.3 is 10.2 Å². The van der Waals surface area contributed by atoms with Crippen molar-refractivity contribution in [1.29, 1.82) is 0 Å². The molecule has 0 spiro atoms. The van der Waals surface area contributed by atoms with Crippen LogP contribution in [0.15, 0.2) is 64.5 Å². The first kappa shape index (κ1) is 17.9. The second-order valence-electron chi connectivity index (χ2n) is 7.12. The van der Waals surface area contributed by atoms with E-state index in [-0.39, 0.29) is 4.90 Å². The fourth-order valence-electron chi connectivity index (χ4n) is 3.59. The number of hydrogen-bond acceptors (Lipinski definition) is 5. The molecule has 140 valence electrons. The van der Waals surface area contributed by atoms with E-state index in [4.69, 9.17) is 0 Å². The molecule has 4 rings (SSSR count). The highest BCUT2D eigenvalue weighted by Crippen LogP contribution is 2.28. The predicted molar refractivity (Wildman–Crippen MR) is 108 cm³/mol. The lowest BCUT2D eigenvalue weighted by molar-refractivity contribution is 0.485. The van der Waals surface area contributed by atoms with Crippen LogP contribution < -0.4 is 10.2 Å². The van der Waals surface area contributed by atoms with Gasteiger partial charge in [-0.25, -0.2) is 8.42 Å². The van der Waals surface area contributed by atoms with Gasteiger partial charge in [0.05, 0.1) is 15.3 Å². The van der Waals surface area contributed by atoms with E-state index in [1.54, 1.807) is 18.2 Å². The van der Waals surface area contributed by atoms with Crippen molar-refractivity contribution in [1.82, 2.24) is 10.3 Å². The maximum Gasteiger partial charge on any atom is 0.208 e. The molecule has 0 bridgehead atoms. The van der Waals surface area contributed by atoms with Gasteiger partial charge in [-0.05, 0) is 49.7 Å². The lowest BCUT2D eigenvalue weighted by atomic mass is 10.1. The molecule has 6 heteroatoms. The Balaban J connectivity index is 1.76. The van der Waals surface area contributed by atoms with Gasteiger partial charge in [-0.2, -0.15) is 0 Å². The topological polar surface area (TPSA) is 62.3 Å². The molecule has 1 aliphatic heterocycles. The Labute approximate surface area is 160 Å². The number of nitrogens with zero attached hydrogens (tertiary/aromatic N) is 2. The number of aromatic nitrogens is 1. The number of sulfone groups is 1. The molecule has 0 saturated carbocycles. The molecule has 1 atom stereocenters. The van der Waals surface area contributed by atoms with E-state index in [0.717, 1.165) is 41.8 Å². The number of piperazine rings is 1. The minimum Gasteiger partial charge on any atom is -0.369 e. The maximum absolute atomic E-state index is 13.1. The molecule has 2 aromatic carbocycles. The van der Waals surface area contributed by atoms with Crippen LogP contribution in [0.1, 0.15) is 12.5 Å². The van der Waals surface area contributed by atoms with Gasteiger partial charge in [-0.3, -0.25) is 4.98 Å². The van der Waals surface area contributed by atoms with Crippen LogP contribution in [0.4, 0.5) is 5.69 Å². The van der Waals surface area contributed by atoms with Gasteiger partial charge in [-0.15, -0.1) is 0 Å². The Morgan fingerprint density at radius 1 is 1.15 bits per heavy atom. The molecule has 5 nitrogen and oxygen atoms in total. The van der Waals surface area contributed by atoms with Gasteiger partial charge >= 0.3 is 0 Å². The van der Waals surface area contributed by atoms with Crippen molar-refractivity contribution >= 4 is 26.4 Å². The smallest absolute Gasteiger partial charge is 0.208 e. The summed E-state index contributed by atoms with van der Waals surface area (Å²) < 4.78 is 26.1. The summed E-state index contributed by atoms with van der Waals surface area (Å²) in [6.07, 6.45) is 1.46. The zero-order chi connectivity index (χ0) is 19.0. The number of fused-ring (bicyclic) bond motifs is 1. The van der Waals surface area contributed by atoms with E-state index in [1.807, 2.05) is 31.2 Å². The first-order valence-electron chi connectivity index (χ1n) is 9.14. The average Bonchev–Trinajstić information content (AvgIpc) is 2.67. The molecule has 1 fully saturated rings. The molecule has 1 aromatic heterocycles. The zero-order valence-corrected chi connectivity index (χ0v) is 16.3. The first-order chi connectivity index (χ1) is 12.9. The Morgan fingerprint density at radius 2 is 1.96 bits per heavy atom. The number of nitrogens with one attached hydrogen (secondary N) is 1. The monoisotopic (exact) mass is 381 g/mol. The van der Waals surface area contributed by atoms with Gasteiger partial charge in [0.1, 0.15) is 0 Å². The first-order valence-corrected chi connectivity index (χ1v) is 10.6. The highest BCUT2D eigenvalue weighted by atomic mass is 32.2. The van der Waals surface area contributed by atoms with Crippen molar-refractivity contribution in [3.8, 4) is 0 Å². The SMILES string of the molecule is Cc1ccccc1S(=O)(=O)c1cnc2ccc(N3CCN[C@@H](C)C3)cc2c1. The van der Waals surface area contributed by atoms with Crippen molar-refractivity contribution in [2.45, 2.75) is 29.7 Å². The van der Waals surface area contributed by atoms with E-state index in [0.29, 0.717) is 10.9 Å². The number of rotatable bonds is 3. The zero-order valence-electron chi connectivity index (χ0n) is 15.5. The summed E-state index contributed by atoms with van der Waals surface area (Å²) >= 11 is 0. The van der Waals surface area contributed by atoms with Crippen molar-refractivity contribution in [3.05, 3.63) is 60.3 Å². The highest BCUT2D eigenvalue weighted by molar-refractivity contribution is 7.91. The minimum absolute atomic E-state index is 0.232. The van der Waals surface area contributed by atoms with Gasteiger partial charge in [0.2, 0.25) is 9.84 Å². The van der Waals surface area contributed by atoms with E-state index >= 15 is 0 Å². The van der Waals surface area contributed by atoms with Crippen molar-refractivity contribution < 1.29 is 8.42 Å². The van der Waals surface area contributed by atoms with E-state index < -0.39 is 9.84 Å². The van der Waals surface area contributed by atoms with Crippen molar-refractivity contribution in [3.63, 3.8) is 0 Å². The van der Waals surface area contributed by atoms with Crippen LogP contribution >= 0.6 is 0 Å². The molecule has 1 saturated heterocycles. The van der Waals surface area contributed by atoms with Gasteiger partial charge in [-0.1, -0.05) is 18.2 Å². The lowest BCUT2D eigenvalue weighted by Crippen LogP contribution is -2.49. The van der Waals surface area contributed by atoms with Crippen LogP contribution in [0, 0.1) is 6.92 Å². The Bertz CT molecular complexity index is 1100. The quantitative estimate of drug-likeness (QED) is 0.755. The standard InChI is InChI=1S/C21H23N3O2S/c1-15-5-3-4-6-21(15)27(25,26)19-12-17-11-18(7-8-20(17)23-13-19)24-10-9-22-16(2)14-24/h3-8,11-13,16,22H,9-10,14H2,1-2H3/t16-/m0/s1. The molecule has 0 radical (unpaired) electrons. The van der Waals surface area contributed by atoms with Crippen LogP contribution in [0.2, 0.25) is 0 Å².